The quantitative estimate of drug-likeness (QED) is 0.563. The van der Waals surface area contributed by atoms with E-state index in [1.807, 2.05) is 0 Å². The molecule has 0 bridgehead atoms. The Hall–Kier alpha value is -2.37. The summed E-state index contributed by atoms with van der Waals surface area (Å²) >= 11 is 0. The molecule has 3 aromatic rings. The van der Waals surface area contributed by atoms with Crippen LogP contribution < -0.4 is 11.3 Å². The monoisotopic (exact) mass is 203 g/mol. The van der Waals surface area contributed by atoms with Crippen molar-refractivity contribution in [1.82, 2.24) is 14.5 Å². The van der Waals surface area contributed by atoms with Crippen LogP contribution in [0, 0.1) is 0 Å². The number of benzene rings is 1. The zero-order valence-electron chi connectivity index (χ0n) is 7.43. The second-order valence-corrected chi connectivity index (χ2v) is 3.08. The molecule has 0 saturated heterocycles. The maximum Gasteiger partial charge on any atom is 0.446 e. The smallest absolute Gasteiger partial charge is 0.317 e. The lowest BCUT2D eigenvalue weighted by Gasteiger charge is -1.97. The van der Waals surface area contributed by atoms with Crippen LogP contribution in [0.1, 0.15) is 0 Å². The van der Waals surface area contributed by atoms with Crippen LogP contribution in [-0.2, 0) is 0 Å². The summed E-state index contributed by atoms with van der Waals surface area (Å²) in [7, 11) is 0. The van der Waals surface area contributed by atoms with Crippen molar-refractivity contribution in [2.75, 3.05) is 0 Å². The number of hydrogen-bond donors (Lipinski definition) is 1. The number of H-pyrrole nitrogens is 1. The molecule has 2 aromatic heterocycles. The van der Waals surface area contributed by atoms with Gasteiger partial charge in [0.15, 0.2) is 0 Å². The first-order valence-electron chi connectivity index (χ1n) is 4.27. The molecular weight excluding hydrogens is 198 g/mol. The maximum atomic E-state index is 11.5. The summed E-state index contributed by atoms with van der Waals surface area (Å²) < 4.78 is 5.59. The molecule has 6 nitrogen and oxygen atoms in total. The summed E-state index contributed by atoms with van der Waals surface area (Å²) in [6, 6.07) is 6.94. The highest BCUT2D eigenvalue weighted by atomic mass is 16.5. The highest BCUT2D eigenvalue weighted by Gasteiger charge is 2.09. The SMILES string of the molecule is O=c1[nH]c2ccccc2n2c(=O)onc12. The molecule has 6 heteroatoms. The van der Waals surface area contributed by atoms with E-state index in [1.54, 1.807) is 24.3 Å². The van der Waals surface area contributed by atoms with Gasteiger partial charge in [0, 0.05) is 0 Å². The van der Waals surface area contributed by atoms with Gasteiger partial charge in [0.25, 0.3) is 5.56 Å². The van der Waals surface area contributed by atoms with Crippen LogP contribution in [0.3, 0.4) is 0 Å². The van der Waals surface area contributed by atoms with Gasteiger partial charge in [-0.3, -0.25) is 9.32 Å². The van der Waals surface area contributed by atoms with E-state index in [-0.39, 0.29) is 5.65 Å². The van der Waals surface area contributed by atoms with E-state index in [0.717, 1.165) is 4.40 Å². The predicted octanol–water partition coefficient (Wildman–Crippen LogP) is 0.129. The van der Waals surface area contributed by atoms with Gasteiger partial charge in [0.05, 0.1) is 11.0 Å². The Balaban J connectivity index is 2.80. The third kappa shape index (κ3) is 0.954. The van der Waals surface area contributed by atoms with Gasteiger partial charge in [-0.2, -0.15) is 0 Å². The topological polar surface area (TPSA) is 80.4 Å². The lowest BCUT2D eigenvalue weighted by Crippen LogP contribution is -2.16. The summed E-state index contributed by atoms with van der Waals surface area (Å²) in [5.41, 5.74) is 0.664. The van der Waals surface area contributed by atoms with Gasteiger partial charge >= 0.3 is 5.76 Å². The molecule has 0 fully saturated rings. The molecular formula is C9H5N3O3. The molecule has 0 aliphatic heterocycles. The average molecular weight is 203 g/mol. The zero-order chi connectivity index (χ0) is 10.4. The van der Waals surface area contributed by atoms with Gasteiger partial charge in [0.1, 0.15) is 0 Å². The number of hydrogen-bond acceptors (Lipinski definition) is 4. The Kier molecular flexibility index (Phi) is 1.37. The molecule has 0 aliphatic rings. The van der Waals surface area contributed by atoms with Crippen molar-refractivity contribution in [3.8, 4) is 0 Å². The first-order valence-corrected chi connectivity index (χ1v) is 4.27. The van der Waals surface area contributed by atoms with Crippen LogP contribution in [0.15, 0.2) is 38.4 Å². The van der Waals surface area contributed by atoms with Gasteiger partial charge in [-0.05, 0) is 17.3 Å². The zero-order valence-corrected chi connectivity index (χ0v) is 7.43. The fraction of sp³-hybridized carbons (Fsp3) is 0. The number of nitrogens with one attached hydrogen (secondary N) is 1. The highest BCUT2D eigenvalue weighted by Crippen LogP contribution is 2.07. The van der Waals surface area contributed by atoms with Crippen molar-refractivity contribution in [1.29, 1.82) is 0 Å². The van der Waals surface area contributed by atoms with Crippen LogP contribution >= 0.6 is 0 Å². The van der Waals surface area contributed by atoms with Crippen LogP contribution in [0.4, 0.5) is 0 Å². The fourth-order valence-corrected chi connectivity index (χ4v) is 1.56. The largest absolute Gasteiger partial charge is 0.446 e. The molecule has 0 radical (unpaired) electrons. The minimum atomic E-state index is -0.660. The molecule has 0 spiro atoms. The van der Waals surface area contributed by atoms with E-state index >= 15 is 0 Å². The van der Waals surface area contributed by atoms with E-state index in [0.29, 0.717) is 11.0 Å². The Morgan fingerprint density at radius 1 is 1.27 bits per heavy atom. The molecule has 3 rings (SSSR count). The molecule has 0 atom stereocenters. The van der Waals surface area contributed by atoms with Gasteiger partial charge < -0.3 is 4.98 Å². The lowest BCUT2D eigenvalue weighted by molar-refractivity contribution is 0.388. The second kappa shape index (κ2) is 2.57. The van der Waals surface area contributed by atoms with E-state index in [2.05, 4.69) is 14.7 Å². The molecule has 2 heterocycles. The van der Waals surface area contributed by atoms with E-state index in [9.17, 15) is 9.59 Å². The van der Waals surface area contributed by atoms with Crippen LogP contribution in [-0.4, -0.2) is 14.5 Å². The highest BCUT2D eigenvalue weighted by molar-refractivity contribution is 5.76. The minimum Gasteiger partial charge on any atom is -0.317 e. The molecule has 74 valence electrons. The molecule has 15 heavy (non-hydrogen) atoms. The number of aromatic amines is 1. The number of fused-ring (bicyclic) bond motifs is 3. The molecule has 0 unspecified atom stereocenters. The van der Waals surface area contributed by atoms with Crippen molar-refractivity contribution in [3.63, 3.8) is 0 Å². The number of para-hydroxylation sites is 2. The molecule has 0 aliphatic carbocycles. The minimum absolute atomic E-state index is 0.0290. The fourth-order valence-electron chi connectivity index (χ4n) is 1.56. The van der Waals surface area contributed by atoms with Crippen molar-refractivity contribution in [2.45, 2.75) is 0 Å². The van der Waals surface area contributed by atoms with Crippen LogP contribution in [0.25, 0.3) is 16.7 Å². The normalized spacial score (nSPS) is 11.2. The van der Waals surface area contributed by atoms with Gasteiger partial charge in [-0.15, -0.1) is 0 Å². The summed E-state index contributed by atoms with van der Waals surface area (Å²) in [4.78, 5) is 25.4. The summed E-state index contributed by atoms with van der Waals surface area (Å²) in [6.45, 7) is 0. The Bertz CT molecular complexity index is 765. The number of nitrogens with zero attached hydrogens (tertiary/aromatic N) is 2. The first kappa shape index (κ1) is 7.98. The van der Waals surface area contributed by atoms with E-state index < -0.39 is 11.3 Å². The Labute approximate surface area is 81.7 Å². The molecule has 1 aromatic carbocycles. The van der Waals surface area contributed by atoms with Crippen LogP contribution in [0.2, 0.25) is 0 Å². The van der Waals surface area contributed by atoms with Gasteiger partial charge in [-0.1, -0.05) is 12.1 Å². The summed E-state index contributed by atoms with van der Waals surface area (Å²) in [5.74, 6) is -0.660. The van der Waals surface area contributed by atoms with Gasteiger partial charge in [-0.25, -0.2) is 9.20 Å². The molecule has 0 saturated carbocycles. The average Bonchev–Trinajstić information content (AvgIpc) is 2.62. The number of rotatable bonds is 0. The third-order valence-electron chi connectivity index (χ3n) is 2.20. The Morgan fingerprint density at radius 2 is 2.07 bits per heavy atom. The molecule has 0 amide bonds. The van der Waals surface area contributed by atoms with Crippen molar-refractivity contribution < 1.29 is 4.52 Å². The first-order chi connectivity index (χ1) is 7.27. The van der Waals surface area contributed by atoms with E-state index in [4.69, 9.17) is 0 Å². The standard InChI is InChI=1S/C9H5N3O3/c13-8-7-11-15-9(14)12(7)6-4-2-1-3-5(6)10-8/h1-4H,(H,10,13). The third-order valence-corrected chi connectivity index (χ3v) is 2.20. The Morgan fingerprint density at radius 3 is 2.93 bits per heavy atom. The summed E-state index contributed by atoms with van der Waals surface area (Å²) in [5, 5.41) is 3.40. The lowest BCUT2D eigenvalue weighted by atomic mass is 10.3. The summed E-state index contributed by atoms with van der Waals surface area (Å²) in [6.07, 6.45) is 0. The van der Waals surface area contributed by atoms with E-state index in [1.165, 1.54) is 0 Å². The van der Waals surface area contributed by atoms with Crippen LogP contribution in [0.5, 0.6) is 0 Å². The van der Waals surface area contributed by atoms with Crippen molar-refractivity contribution in [3.05, 3.63) is 45.2 Å². The van der Waals surface area contributed by atoms with Crippen molar-refractivity contribution in [2.24, 2.45) is 0 Å². The van der Waals surface area contributed by atoms with Gasteiger partial charge in [0.2, 0.25) is 5.65 Å². The number of aromatic nitrogens is 3. The maximum absolute atomic E-state index is 11.5. The second-order valence-electron chi connectivity index (χ2n) is 3.08. The molecule has 1 N–H and O–H groups in total. The van der Waals surface area contributed by atoms with Crippen molar-refractivity contribution >= 4 is 16.7 Å². The predicted molar refractivity (Wildman–Crippen MR) is 51.9 cm³/mol.